The number of nitrogens with zero attached hydrogens (tertiary/aromatic N) is 1. The van der Waals surface area contributed by atoms with Gasteiger partial charge in [-0.05, 0) is 43.9 Å². The quantitative estimate of drug-likeness (QED) is 0.802. The molecular formula is C16H28N2O2S. The van der Waals surface area contributed by atoms with Crippen LogP contribution in [0, 0.1) is 6.92 Å². The summed E-state index contributed by atoms with van der Waals surface area (Å²) in [5.74, 6) is 0. The molecule has 0 aliphatic carbocycles. The van der Waals surface area contributed by atoms with Crippen LogP contribution in [0.3, 0.4) is 0 Å². The van der Waals surface area contributed by atoms with Gasteiger partial charge in [-0.15, -0.1) is 0 Å². The number of nitrogens with two attached hydrogens (primary N) is 1. The number of unbranched alkanes of at least 4 members (excludes halogenated alkanes) is 1. The smallest absolute Gasteiger partial charge is 0.243 e. The van der Waals surface area contributed by atoms with Crippen LogP contribution in [0.4, 0.5) is 0 Å². The van der Waals surface area contributed by atoms with E-state index in [1.54, 1.807) is 16.4 Å². The molecule has 0 fully saturated rings. The maximum absolute atomic E-state index is 13.0. The zero-order valence-electron chi connectivity index (χ0n) is 13.6. The first-order valence-electron chi connectivity index (χ1n) is 7.69. The number of hydrogen-bond donors (Lipinski definition) is 1. The molecule has 5 heteroatoms. The molecule has 0 radical (unpaired) electrons. The summed E-state index contributed by atoms with van der Waals surface area (Å²) in [6.07, 6.45) is 2.67. The van der Waals surface area contributed by atoms with E-state index in [1.165, 1.54) is 0 Å². The lowest BCUT2D eigenvalue weighted by atomic mass is 10.1. The average molecular weight is 312 g/mol. The van der Waals surface area contributed by atoms with Gasteiger partial charge in [-0.2, -0.15) is 4.31 Å². The van der Waals surface area contributed by atoms with Crippen LogP contribution in [0.15, 0.2) is 23.1 Å². The zero-order chi connectivity index (χ0) is 16.0. The third kappa shape index (κ3) is 4.28. The second kappa shape index (κ2) is 7.92. The van der Waals surface area contributed by atoms with Crippen molar-refractivity contribution in [1.82, 2.24) is 4.31 Å². The highest BCUT2D eigenvalue weighted by Gasteiger charge is 2.28. The van der Waals surface area contributed by atoms with Gasteiger partial charge in [0.15, 0.2) is 0 Å². The summed E-state index contributed by atoms with van der Waals surface area (Å²) in [6, 6.07) is 5.36. The second-order valence-electron chi connectivity index (χ2n) is 5.53. The standard InChI is InChI=1S/C16H28N2O2S/c1-5-7-10-18(14(4)6-2)21(19,20)16-9-8-15(12-17)11-13(16)3/h8-9,11,14H,5-7,10,12,17H2,1-4H3. The molecule has 1 atom stereocenters. The van der Waals surface area contributed by atoms with Crippen molar-refractivity contribution < 1.29 is 8.42 Å². The lowest BCUT2D eigenvalue weighted by Gasteiger charge is -2.28. The summed E-state index contributed by atoms with van der Waals surface area (Å²) in [5.41, 5.74) is 7.33. The Labute approximate surface area is 129 Å². The maximum atomic E-state index is 13.0. The molecule has 1 aromatic carbocycles. The molecule has 1 aromatic rings. The molecule has 0 aromatic heterocycles. The Bertz CT molecular complexity index is 555. The lowest BCUT2D eigenvalue weighted by molar-refractivity contribution is 0.324. The highest BCUT2D eigenvalue weighted by atomic mass is 32.2. The van der Waals surface area contributed by atoms with Crippen molar-refractivity contribution in [3.63, 3.8) is 0 Å². The molecule has 4 nitrogen and oxygen atoms in total. The summed E-state index contributed by atoms with van der Waals surface area (Å²) < 4.78 is 27.5. The Hall–Kier alpha value is -0.910. The van der Waals surface area contributed by atoms with Gasteiger partial charge >= 0.3 is 0 Å². The fourth-order valence-corrected chi connectivity index (χ4v) is 4.30. The van der Waals surface area contributed by atoms with Crippen LogP contribution in [-0.4, -0.2) is 25.3 Å². The van der Waals surface area contributed by atoms with Gasteiger partial charge in [0.05, 0.1) is 4.90 Å². The Morgan fingerprint density at radius 1 is 1.29 bits per heavy atom. The highest BCUT2D eigenvalue weighted by Crippen LogP contribution is 2.24. The third-order valence-electron chi connectivity index (χ3n) is 3.88. The summed E-state index contributed by atoms with van der Waals surface area (Å²) >= 11 is 0. The molecule has 0 aliphatic heterocycles. The molecule has 120 valence electrons. The zero-order valence-corrected chi connectivity index (χ0v) is 14.4. The van der Waals surface area contributed by atoms with Gasteiger partial charge in [0.1, 0.15) is 0 Å². The monoisotopic (exact) mass is 312 g/mol. The first-order valence-corrected chi connectivity index (χ1v) is 9.13. The maximum Gasteiger partial charge on any atom is 0.243 e. The number of rotatable bonds is 8. The number of benzene rings is 1. The molecule has 0 bridgehead atoms. The van der Waals surface area contributed by atoms with E-state index in [0.29, 0.717) is 18.0 Å². The molecule has 0 heterocycles. The van der Waals surface area contributed by atoms with E-state index in [1.807, 2.05) is 26.8 Å². The average Bonchev–Trinajstić information content (AvgIpc) is 2.46. The lowest BCUT2D eigenvalue weighted by Crippen LogP contribution is -2.39. The normalized spacial score (nSPS) is 13.6. The molecule has 0 aliphatic rings. The number of hydrogen-bond acceptors (Lipinski definition) is 3. The van der Waals surface area contributed by atoms with Crippen LogP contribution in [0.25, 0.3) is 0 Å². The van der Waals surface area contributed by atoms with Crippen LogP contribution in [0.2, 0.25) is 0 Å². The van der Waals surface area contributed by atoms with E-state index in [4.69, 9.17) is 5.73 Å². The summed E-state index contributed by atoms with van der Waals surface area (Å²) in [4.78, 5) is 0.399. The molecule has 21 heavy (non-hydrogen) atoms. The van der Waals surface area contributed by atoms with Crippen LogP contribution < -0.4 is 5.73 Å². The van der Waals surface area contributed by atoms with E-state index < -0.39 is 10.0 Å². The predicted molar refractivity (Wildman–Crippen MR) is 87.6 cm³/mol. The first kappa shape index (κ1) is 18.1. The minimum Gasteiger partial charge on any atom is -0.326 e. The fourth-order valence-electron chi connectivity index (χ4n) is 2.35. The van der Waals surface area contributed by atoms with Crippen molar-refractivity contribution in [3.05, 3.63) is 29.3 Å². The van der Waals surface area contributed by atoms with Crippen LogP contribution in [0.5, 0.6) is 0 Å². The molecule has 0 saturated heterocycles. The van der Waals surface area contributed by atoms with E-state index in [0.717, 1.165) is 30.4 Å². The van der Waals surface area contributed by atoms with E-state index in [2.05, 4.69) is 6.92 Å². The molecule has 0 amide bonds. The van der Waals surface area contributed by atoms with Crippen LogP contribution >= 0.6 is 0 Å². The van der Waals surface area contributed by atoms with Gasteiger partial charge in [-0.3, -0.25) is 0 Å². The molecule has 0 saturated carbocycles. The molecule has 2 N–H and O–H groups in total. The van der Waals surface area contributed by atoms with Crippen LogP contribution in [0.1, 0.15) is 51.2 Å². The van der Waals surface area contributed by atoms with Gasteiger partial charge in [0, 0.05) is 19.1 Å². The third-order valence-corrected chi connectivity index (χ3v) is 6.05. The Balaban J connectivity index is 3.21. The van der Waals surface area contributed by atoms with Crippen molar-refractivity contribution >= 4 is 10.0 Å². The number of sulfonamides is 1. The van der Waals surface area contributed by atoms with E-state index in [9.17, 15) is 8.42 Å². The van der Waals surface area contributed by atoms with Crippen LogP contribution in [-0.2, 0) is 16.6 Å². The Kier molecular flexibility index (Phi) is 6.84. The highest BCUT2D eigenvalue weighted by molar-refractivity contribution is 7.89. The van der Waals surface area contributed by atoms with Crippen molar-refractivity contribution in [2.75, 3.05) is 6.54 Å². The molecular weight excluding hydrogens is 284 g/mol. The molecule has 0 spiro atoms. The van der Waals surface area contributed by atoms with E-state index >= 15 is 0 Å². The van der Waals surface area contributed by atoms with Gasteiger partial charge < -0.3 is 5.73 Å². The summed E-state index contributed by atoms with van der Waals surface area (Å²) in [6.45, 7) is 8.89. The Morgan fingerprint density at radius 2 is 1.95 bits per heavy atom. The van der Waals surface area contributed by atoms with Gasteiger partial charge in [0.2, 0.25) is 10.0 Å². The number of aryl methyl sites for hydroxylation is 1. The minimum atomic E-state index is -3.45. The largest absolute Gasteiger partial charge is 0.326 e. The van der Waals surface area contributed by atoms with Gasteiger partial charge in [-0.25, -0.2) is 8.42 Å². The SMILES string of the molecule is CCCCN(C(C)CC)S(=O)(=O)c1ccc(CN)cc1C. The van der Waals surface area contributed by atoms with Crippen molar-refractivity contribution in [1.29, 1.82) is 0 Å². The minimum absolute atomic E-state index is 0.00938. The second-order valence-corrected chi connectivity index (χ2v) is 7.39. The van der Waals surface area contributed by atoms with Gasteiger partial charge in [-0.1, -0.05) is 32.4 Å². The van der Waals surface area contributed by atoms with Crippen molar-refractivity contribution in [3.8, 4) is 0 Å². The molecule has 1 unspecified atom stereocenters. The molecule has 1 rings (SSSR count). The van der Waals surface area contributed by atoms with E-state index in [-0.39, 0.29) is 6.04 Å². The Morgan fingerprint density at radius 3 is 2.43 bits per heavy atom. The van der Waals surface area contributed by atoms with Crippen molar-refractivity contribution in [2.45, 2.75) is 64.4 Å². The summed E-state index contributed by atoms with van der Waals surface area (Å²) in [5, 5.41) is 0. The predicted octanol–water partition coefficient (Wildman–Crippen LogP) is 3.04. The fraction of sp³-hybridized carbons (Fsp3) is 0.625. The van der Waals surface area contributed by atoms with Gasteiger partial charge in [0.25, 0.3) is 0 Å². The topological polar surface area (TPSA) is 63.4 Å². The summed E-state index contributed by atoms with van der Waals surface area (Å²) in [7, 11) is -3.45. The first-order chi connectivity index (χ1) is 9.88. The van der Waals surface area contributed by atoms with Crippen molar-refractivity contribution in [2.24, 2.45) is 5.73 Å².